The Hall–Kier alpha value is 0.200. The molecule has 1 aliphatic carbocycles. The van der Waals surface area contributed by atoms with Gasteiger partial charge in [-0.05, 0) is 24.7 Å². The molecule has 0 spiro atoms. The van der Waals surface area contributed by atoms with E-state index in [-0.39, 0.29) is 16.0 Å². The van der Waals surface area contributed by atoms with Crippen molar-refractivity contribution >= 4 is 21.6 Å². The molecule has 1 fully saturated rings. The van der Waals surface area contributed by atoms with Crippen molar-refractivity contribution < 1.29 is 8.42 Å². The second-order valence-corrected chi connectivity index (χ2v) is 9.18. The van der Waals surface area contributed by atoms with Gasteiger partial charge in [0.1, 0.15) is 0 Å². The van der Waals surface area contributed by atoms with Crippen molar-refractivity contribution in [3.63, 3.8) is 0 Å². The van der Waals surface area contributed by atoms with E-state index in [1.54, 1.807) is 0 Å². The smallest absolute Gasteiger partial charge is 0.214 e. The van der Waals surface area contributed by atoms with Crippen molar-refractivity contribution in [2.45, 2.75) is 69.9 Å². The van der Waals surface area contributed by atoms with Crippen LogP contribution in [0.4, 0.5) is 0 Å². The third-order valence-corrected chi connectivity index (χ3v) is 5.56. The minimum atomic E-state index is -3.17. The fraction of sp³-hybridized carbons (Fsp3) is 1.00. The molecule has 1 rings (SSSR count). The SMILES string of the molecule is CC(C)(C)CC(Cl)CNS(=O)(=O)C1CCCCC1. The molecule has 1 aliphatic rings. The van der Waals surface area contributed by atoms with Gasteiger partial charge in [0.05, 0.1) is 5.25 Å². The lowest BCUT2D eigenvalue weighted by molar-refractivity contribution is 0.368. The van der Waals surface area contributed by atoms with Crippen molar-refractivity contribution in [3.05, 3.63) is 0 Å². The monoisotopic (exact) mass is 295 g/mol. The number of sulfonamides is 1. The van der Waals surface area contributed by atoms with Gasteiger partial charge < -0.3 is 0 Å². The first kappa shape index (κ1) is 16.3. The molecule has 0 heterocycles. The van der Waals surface area contributed by atoms with Gasteiger partial charge in [-0.1, -0.05) is 40.0 Å². The summed E-state index contributed by atoms with van der Waals surface area (Å²) in [5.41, 5.74) is 0.128. The number of nitrogens with one attached hydrogen (secondary N) is 1. The summed E-state index contributed by atoms with van der Waals surface area (Å²) in [5, 5.41) is -0.340. The molecular weight excluding hydrogens is 270 g/mol. The summed E-state index contributed by atoms with van der Waals surface area (Å²) in [4.78, 5) is 0. The normalized spacial score (nSPS) is 20.9. The number of rotatable bonds is 5. The van der Waals surface area contributed by atoms with E-state index in [0.717, 1.165) is 38.5 Å². The quantitative estimate of drug-likeness (QED) is 0.791. The van der Waals surface area contributed by atoms with Crippen LogP contribution in [-0.2, 0) is 10.0 Å². The first-order valence-corrected chi connectivity index (χ1v) is 8.81. The largest absolute Gasteiger partial charge is 0.214 e. The number of hydrogen-bond donors (Lipinski definition) is 1. The summed E-state index contributed by atoms with van der Waals surface area (Å²) in [6.45, 7) is 6.67. The van der Waals surface area contributed by atoms with Gasteiger partial charge in [0.25, 0.3) is 0 Å². The van der Waals surface area contributed by atoms with E-state index in [9.17, 15) is 8.42 Å². The van der Waals surface area contributed by atoms with E-state index in [2.05, 4.69) is 25.5 Å². The Morgan fingerprint density at radius 2 is 1.78 bits per heavy atom. The molecule has 0 aliphatic heterocycles. The highest BCUT2D eigenvalue weighted by Gasteiger charge is 2.27. The Kier molecular flexibility index (Phi) is 5.94. The van der Waals surface area contributed by atoms with Crippen LogP contribution in [0.3, 0.4) is 0 Å². The second kappa shape index (κ2) is 6.58. The molecule has 108 valence electrons. The summed E-state index contributed by atoms with van der Waals surface area (Å²) in [6.07, 6.45) is 5.61. The Morgan fingerprint density at radius 3 is 2.28 bits per heavy atom. The van der Waals surface area contributed by atoms with Gasteiger partial charge in [-0.15, -0.1) is 11.6 Å². The molecular formula is C13H26ClNO2S. The van der Waals surface area contributed by atoms with Crippen LogP contribution in [-0.4, -0.2) is 25.6 Å². The second-order valence-electron chi connectivity index (χ2n) is 6.52. The van der Waals surface area contributed by atoms with E-state index < -0.39 is 10.0 Å². The Balaban J connectivity index is 2.41. The van der Waals surface area contributed by atoms with Gasteiger partial charge in [0.2, 0.25) is 10.0 Å². The molecule has 5 heteroatoms. The predicted molar refractivity (Wildman–Crippen MR) is 77.5 cm³/mol. The first-order chi connectivity index (χ1) is 8.21. The maximum atomic E-state index is 12.1. The van der Waals surface area contributed by atoms with E-state index in [4.69, 9.17) is 11.6 Å². The minimum absolute atomic E-state index is 0.128. The summed E-state index contributed by atoms with van der Waals surface area (Å²) in [7, 11) is -3.17. The van der Waals surface area contributed by atoms with Gasteiger partial charge in [0, 0.05) is 11.9 Å². The lowest BCUT2D eigenvalue weighted by Crippen LogP contribution is -2.39. The number of alkyl halides is 1. The van der Waals surface area contributed by atoms with Crippen molar-refractivity contribution in [3.8, 4) is 0 Å². The van der Waals surface area contributed by atoms with Crippen molar-refractivity contribution in [1.29, 1.82) is 0 Å². The van der Waals surface area contributed by atoms with Crippen molar-refractivity contribution in [1.82, 2.24) is 4.72 Å². The van der Waals surface area contributed by atoms with Crippen LogP contribution in [0.2, 0.25) is 0 Å². The summed E-state index contributed by atoms with van der Waals surface area (Å²) < 4.78 is 26.9. The average molecular weight is 296 g/mol. The molecule has 3 nitrogen and oxygen atoms in total. The molecule has 0 aromatic heterocycles. The topological polar surface area (TPSA) is 46.2 Å². The molecule has 1 atom stereocenters. The summed E-state index contributed by atoms with van der Waals surface area (Å²) >= 11 is 6.18. The molecule has 0 aromatic rings. The van der Waals surface area contributed by atoms with Crippen LogP contribution < -0.4 is 4.72 Å². The van der Waals surface area contributed by atoms with Gasteiger partial charge in [0.15, 0.2) is 0 Å². The lowest BCUT2D eigenvalue weighted by atomic mass is 9.90. The highest BCUT2D eigenvalue weighted by Crippen LogP contribution is 2.25. The lowest BCUT2D eigenvalue weighted by Gasteiger charge is -2.25. The Labute approximate surface area is 117 Å². The summed E-state index contributed by atoms with van der Waals surface area (Å²) in [6, 6.07) is 0. The molecule has 18 heavy (non-hydrogen) atoms. The van der Waals surface area contributed by atoms with Crippen LogP contribution in [0.25, 0.3) is 0 Å². The maximum Gasteiger partial charge on any atom is 0.214 e. The molecule has 0 bridgehead atoms. The number of halogens is 1. The zero-order valence-electron chi connectivity index (χ0n) is 11.7. The van der Waals surface area contributed by atoms with Gasteiger partial charge in [-0.3, -0.25) is 0 Å². The molecule has 0 aromatic carbocycles. The molecule has 0 radical (unpaired) electrons. The van der Waals surface area contributed by atoms with E-state index in [0.29, 0.717) is 6.54 Å². The molecule has 1 saturated carbocycles. The Bertz CT molecular complexity index is 342. The van der Waals surface area contributed by atoms with E-state index in [1.807, 2.05) is 0 Å². The highest BCUT2D eigenvalue weighted by atomic mass is 35.5. The fourth-order valence-electron chi connectivity index (χ4n) is 2.44. The molecule has 0 amide bonds. The van der Waals surface area contributed by atoms with E-state index >= 15 is 0 Å². The van der Waals surface area contributed by atoms with Gasteiger partial charge in [-0.2, -0.15) is 0 Å². The summed E-state index contributed by atoms with van der Waals surface area (Å²) in [5.74, 6) is 0. The van der Waals surface area contributed by atoms with Crippen LogP contribution in [0, 0.1) is 5.41 Å². The average Bonchev–Trinajstić information content (AvgIpc) is 2.26. The minimum Gasteiger partial charge on any atom is -0.214 e. The van der Waals surface area contributed by atoms with Crippen LogP contribution >= 0.6 is 11.6 Å². The molecule has 1 unspecified atom stereocenters. The molecule has 1 N–H and O–H groups in total. The third-order valence-electron chi connectivity index (χ3n) is 3.33. The van der Waals surface area contributed by atoms with Crippen molar-refractivity contribution in [2.75, 3.05) is 6.54 Å². The number of hydrogen-bond acceptors (Lipinski definition) is 2. The zero-order chi connectivity index (χ0) is 13.8. The predicted octanol–water partition coefficient (Wildman–Crippen LogP) is 3.28. The zero-order valence-corrected chi connectivity index (χ0v) is 13.3. The fourth-order valence-corrected chi connectivity index (χ4v) is 4.69. The Morgan fingerprint density at radius 1 is 1.22 bits per heavy atom. The first-order valence-electron chi connectivity index (χ1n) is 6.83. The highest BCUT2D eigenvalue weighted by molar-refractivity contribution is 7.90. The van der Waals surface area contributed by atoms with E-state index in [1.165, 1.54) is 0 Å². The van der Waals surface area contributed by atoms with Crippen LogP contribution in [0.15, 0.2) is 0 Å². The standard InChI is InChI=1S/C13H26ClNO2S/c1-13(2,3)9-11(14)10-15-18(16,17)12-7-5-4-6-8-12/h11-12,15H,4-10H2,1-3H3. The van der Waals surface area contributed by atoms with Gasteiger partial charge >= 0.3 is 0 Å². The van der Waals surface area contributed by atoms with Gasteiger partial charge in [-0.25, -0.2) is 13.1 Å². The van der Waals surface area contributed by atoms with Crippen LogP contribution in [0.1, 0.15) is 59.3 Å². The maximum absolute atomic E-state index is 12.1. The van der Waals surface area contributed by atoms with Crippen LogP contribution in [0.5, 0.6) is 0 Å². The van der Waals surface area contributed by atoms with Crippen molar-refractivity contribution in [2.24, 2.45) is 5.41 Å². The third kappa shape index (κ3) is 5.89. The molecule has 0 saturated heterocycles.